The maximum atomic E-state index is 11.8. The molecule has 2 atom stereocenters. The lowest BCUT2D eigenvalue weighted by Crippen LogP contribution is -2.51. The molecule has 2 N–H and O–H groups in total. The Bertz CT molecular complexity index is 258. The monoisotopic (exact) mass is 230 g/mol. The third kappa shape index (κ3) is 3.43. The van der Waals surface area contributed by atoms with Gasteiger partial charge in [0.2, 0.25) is 5.91 Å². The highest BCUT2D eigenvalue weighted by Crippen LogP contribution is 2.15. The number of nitrogens with two attached hydrogens (primary N) is 1. The van der Waals surface area contributed by atoms with Crippen molar-refractivity contribution in [3.63, 3.8) is 0 Å². The zero-order valence-electron chi connectivity index (χ0n) is 9.23. The minimum Gasteiger partial charge on any atom is -0.393 e. The van der Waals surface area contributed by atoms with E-state index in [0.29, 0.717) is 13.2 Å². The van der Waals surface area contributed by atoms with E-state index in [0.717, 1.165) is 6.42 Å². The molecule has 1 amide bonds. The molecular weight excluding hydrogens is 212 g/mol. The molecule has 86 valence electrons. The number of hydrogen-bond donors (Lipinski definition) is 1. The van der Waals surface area contributed by atoms with Crippen molar-refractivity contribution in [3.05, 3.63) is 0 Å². The van der Waals surface area contributed by atoms with Gasteiger partial charge in [-0.3, -0.25) is 4.79 Å². The van der Waals surface area contributed by atoms with E-state index < -0.39 is 0 Å². The quantitative estimate of drug-likeness (QED) is 0.725. The molecule has 1 rings (SSSR count). The van der Waals surface area contributed by atoms with Crippen LogP contribution in [0.3, 0.4) is 0 Å². The predicted octanol–water partition coefficient (Wildman–Crippen LogP) is 0.689. The maximum absolute atomic E-state index is 11.8. The van der Waals surface area contributed by atoms with Crippen LogP contribution in [0.25, 0.3) is 0 Å². The maximum Gasteiger partial charge on any atom is 0.229 e. The first-order chi connectivity index (χ1) is 7.04. The van der Waals surface area contributed by atoms with Crippen molar-refractivity contribution in [2.45, 2.75) is 38.8 Å². The molecule has 0 aromatic rings. The molecule has 0 spiro atoms. The van der Waals surface area contributed by atoms with Gasteiger partial charge in [-0.25, -0.2) is 0 Å². The van der Waals surface area contributed by atoms with E-state index in [1.165, 1.54) is 0 Å². The summed E-state index contributed by atoms with van der Waals surface area (Å²) in [5.74, 6) is 0.0181. The molecule has 5 heteroatoms. The number of carbonyl (C=O) groups is 1. The SMILES string of the molecule is CCC1COC(C)CN1C(=O)CC(N)=S. The van der Waals surface area contributed by atoms with Gasteiger partial charge in [0.15, 0.2) is 0 Å². The number of thiocarbonyl (C=S) groups is 1. The van der Waals surface area contributed by atoms with Crippen LogP contribution in [0.2, 0.25) is 0 Å². The van der Waals surface area contributed by atoms with Crippen LogP contribution in [0, 0.1) is 0 Å². The average Bonchev–Trinajstić information content (AvgIpc) is 2.16. The van der Waals surface area contributed by atoms with E-state index in [2.05, 4.69) is 0 Å². The Morgan fingerprint density at radius 2 is 2.33 bits per heavy atom. The predicted molar refractivity (Wildman–Crippen MR) is 62.6 cm³/mol. The second-order valence-corrected chi connectivity index (χ2v) is 4.42. The fourth-order valence-corrected chi connectivity index (χ4v) is 1.86. The van der Waals surface area contributed by atoms with Crippen molar-refractivity contribution in [1.29, 1.82) is 0 Å². The fraction of sp³-hybridized carbons (Fsp3) is 0.800. The molecule has 1 heterocycles. The van der Waals surface area contributed by atoms with Gasteiger partial charge in [-0.1, -0.05) is 19.1 Å². The Morgan fingerprint density at radius 3 is 2.87 bits per heavy atom. The molecule has 0 aromatic carbocycles. The van der Waals surface area contributed by atoms with Crippen LogP contribution >= 0.6 is 12.2 Å². The van der Waals surface area contributed by atoms with Crippen LogP contribution in [-0.2, 0) is 9.53 Å². The van der Waals surface area contributed by atoms with Crippen molar-refractivity contribution in [3.8, 4) is 0 Å². The van der Waals surface area contributed by atoms with Crippen molar-refractivity contribution in [1.82, 2.24) is 4.90 Å². The lowest BCUT2D eigenvalue weighted by atomic mass is 10.1. The van der Waals surface area contributed by atoms with Crippen LogP contribution in [0.4, 0.5) is 0 Å². The third-order valence-corrected chi connectivity index (χ3v) is 2.73. The van der Waals surface area contributed by atoms with Gasteiger partial charge in [0.25, 0.3) is 0 Å². The fourth-order valence-electron chi connectivity index (χ4n) is 1.74. The Morgan fingerprint density at radius 1 is 1.67 bits per heavy atom. The molecule has 1 fully saturated rings. The summed E-state index contributed by atoms with van der Waals surface area (Å²) in [6.45, 7) is 5.26. The zero-order chi connectivity index (χ0) is 11.4. The highest BCUT2D eigenvalue weighted by Gasteiger charge is 2.29. The minimum atomic E-state index is 0.0181. The van der Waals surface area contributed by atoms with E-state index in [9.17, 15) is 4.79 Å². The van der Waals surface area contributed by atoms with Gasteiger partial charge >= 0.3 is 0 Å². The summed E-state index contributed by atoms with van der Waals surface area (Å²) in [6, 6.07) is 0.169. The van der Waals surface area contributed by atoms with Crippen LogP contribution in [0.15, 0.2) is 0 Å². The molecular formula is C10H18N2O2S. The second-order valence-electron chi connectivity index (χ2n) is 3.90. The van der Waals surface area contributed by atoms with Crippen molar-refractivity contribution >= 4 is 23.1 Å². The van der Waals surface area contributed by atoms with Crippen LogP contribution < -0.4 is 5.73 Å². The van der Waals surface area contributed by atoms with Gasteiger partial charge in [0.05, 0.1) is 30.2 Å². The number of nitrogens with zero attached hydrogens (tertiary/aromatic N) is 1. The van der Waals surface area contributed by atoms with Crippen molar-refractivity contribution in [2.75, 3.05) is 13.2 Å². The Balaban J connectivity index is 2.62. The number of rotatable bonds is 3. The molecule has 15 heavy (non-hydrogen) atoms. The molecule has 0 bridgehead atoms. The summed E-state index contributed by atoms with van der Waals surface area (Å²) in [6.07, 6.45) is 1.16. The summed E-state index contributed by atoms with van der Waals surface area (Å²) in [5, 5.41) is 0. The largest absolute Gasteiger partial charge is 0.393 e. The lowest BCUT2D eigenvalue weighted by Gasteiger charge is -2.38. The van der Waals surface area contributed by atoms with Gasteiger partial charge in [-0.15, -0.1) is 0 Å². The Labute approximate surface area is 95.8 Å². The molecule has 1 aliphatic rings. The number of morpholine rings is 1. The van der Waals surface area contributed by atoms with Crippen molar-refractivity contribution in [2.24, 2.45) is 5.73 Å². The molecule has 0 saturated carbocycles. The molecule has 0 aliphatic carbocycles. The molecule has 2 unspecified atom stereocenters. The number of ether oxygens (including phenoxy) is 1. The first-order valence-corrected chi connectivity index (χ1v) is 5.64. The standard InChI is InChI=1S/C10H18N2O2S/c1-3-8-6-14-7(2)5-12(8)10(13)4-9(11)15/h7-8H,3-6H2,1-2H3,(H2,11,15). The van der Waals surface area contributed by atoms with Crippen molar-refractivity contribution < 1.29 is 9.53 Å². The summed E-state index contributed by atoms with van der Waals surface area (Å²) >= 11 is 4.74. The third-order valence-electron chi connectivity index (χ3n) is 2.58. The molecule has 0 aromatic heterocycles. The summed E-state index contributed by atoms with van der Waals surface area (Å²) in [5.41, 5.74) is 5.37. The van der Waals surface area contributed by atoms with Gasteiger partial charge in [0.1, 0.15) is 0 Å². The van der Waals surface area contributed by atoms with Crippen LogP contribution in [0.5, 0.6) is 0 Å². The van der Waals surface area contributed by atoms with E-state index in [1.54, 1.807) is 0 Å². The van der Waals surface area contributed by atoms with E-state index >= 15 is 0 Å². The van der Waals surface area contributed by atoms with Crippen LogP contribution in [0.1, 0.15) is 26.7 Å². The first kappa shape index (κ1) is 12.4. The minimum absolute atomic E-state index is 0.0181. The highest BCUT2D eigenvalue weighted by atomic mass is 32.1. The lowest BCUT2D eigenvalue weighted by molar-refractivity contribution is -0.143. The van der Waals surface area contributed by atoms with Gasteiger partial charge in [-0.05, 0) is 13.3 Å². The smallest absolute Gasteiger partial charge is 0.229 e. The zero-order valence-corrected chi connectivity index (χ0v) is 10.0. The summed E-state index contributed by atoms with van der Waals surface area (Å²) < 4.78 is 5.51. The van der Waals surface area contributed by atoms with Gasteiger partial charge in [-0.2, -0.15) is 0 Å². The van der Waals surface area contributed by atoms with E-state index in [1.807, 2.05) is 18.7 Å². The van der Waals surface area contributed by atoms with E-state index in [4.69, 9.17) is 22.7 Å². The van der Waals surface area contributed by atoms with Gasteiger partial charge < -0.3 is 15.4 Å². The average molecular weight is 230 g/mol. The molecule has 1 aliphatic heterocycles. The molecule has 4 nitrogen and oxygen atoms in total. The number of amides is 1. The second kappa shape index (κ2) is 5.42. The number of carbonyl (C=O) groups excluding carboxylic acids is 1. The Hall–Kier alpha value is -0.680. The Kier molecular flexibility index (Phi) is 4.47. The first-order valence-electron chi connectivity index (χ1n) is 5.24. The highest BCUT2D eigenvalue weighted by molar-refractivity contribution is 7.80. The van der Waals surface area contributed by atoms with Crippen LogP contribution in [-0.4, -0.2) is 41.1 Å². The number of hydrogen-bond acceptors (Lipinski definition) is 3. The normalized spacial score (nSPS) is 26.4. The molecule has 0 radical (unpaired) electrons. The summed E-state index contributed by atoms with van der Waals surface area (Å²) in [4.78, 5) is 13.9. The van der Waals surface area contributed by atoms with E-state index in [-0.39, 0.29) is 29.5 Å². The molecule has 1 saturated heterocycles. The topological polar surface area (TPSA) is 55.6 Å². The summed E-state index contributed by atoms with van der Waals surface area (Å²) in [7, 11) is 0. The van der Waals surface area contributed by atoms with Gasteiger partial charge in [0, 0.05) is 6.54 Å².